The van der Waals surface area contributed by atoms with Gasteiger partial charge in [-0.2, -0.15) is 11.8 Å². The standard InChI is InChI=1S/C11H21N3S/c1-10(2)14-6-5-12-11(14)9-15-8-7-13(3)4/h5-6,10H,7-9H2,1-4H3. The lowest BCUT2D eigenvalue weighted by Crippen LogP contribution is -2.15. The second-order valence-electron chi connectivity index (χ2n) is 4.20. The Morgan fingerprint density at radius 2 is 2.20 bits per heavy atom. The molecule has 0 aliphatic heterocycles. The second kappa shape index (κ2) is 6.18. The van der Waals surface area contributed by atoms with Crippen LogP contribution in [0.3, 0.4) is 0 Å². The zero-order valence-corrected chi connectivity index (χ0v) is 10.9. The lowest BCUT2D eigenvalue weighted by atomic mass is 10.4. The number of imidazole rings is 1. The molecule has 1 rings (SSSR count). The average Bonchev–Trinajstić information content (AvgIpc) is 2.60. The fourth-order valence-corrected chi connectivity index (χ4v) is 2.38. The minimum absolute atomic E-state index is 0.511. The van der Waals surface area contributed by atoms with Gasteiger partial charge in [0.05, 0.1) is 5.75 Å². The van der Waals surface area contributed by atoms with Crippen LogP contribution in [-0.4, -0.2) is 40.8 Å². The van der Waals surface area contributed by atoms with Gasteiger partial charge in [0, 0.05) is 30.7 Å². The highest BCUT2D eigenvalue weighted by Crippen LogP contribution is 2.14. The molecule has 0 aliphatic carbocycles. The van der Waals surface area contributed by atoms with Crippen molar-refractivity contribution < 1.29 is 0 Å². The summed E-state index contributed by atoms with van der Waals surface area (Å²) in [5.74, 6) is 3.37. The van der Waals surface area contributed by atoms with E-state index in [1.807, 2.05) is 18.0 Å². The monoisotopic (exact) mass is 227 g/mol. The summed E-state index contributed by atoms with van der Waals surface area (Å²) < 4.78 is 2.24. The van der Waals surface area contributed by atoms with Crippen molar-refractivity contribution in [1.29, 1.82) is 0 Å². The van der Waals surface area contributed by atoms with Crippen molar-refractivity contribution in [2.45, 2.75) is 25.6 Å². The minimum atomic E-state index is 0.511. The zero-order chi connectivity index (χ0) is 11.3. The Morgan fingerprint density at radius 1 is 1.47 bits per heavy atom. The molecular formula is C11H21N3S. The van der Waals surface area contributed by atoms with Crippen molar-refractivity contribution in [3.8, 4) is 0 Å². The molecule has 0 saturated carbocycles. The van der Waals surface area contributed by atoms with Gasteiger partial charge in [0.1, 0.15) is 5.82 Å². The smallest absolute Gasteiger partial charge is 0.118 e. The summed E-state index contributed by atoms with van der Waals surface area (Å²) in [6, 6.07) is 0.511. The fourth-order valence-electron chi connectivity index (χ4n) is 1.34. The van der Waals surface area contributed by atoms with Gasteiger partial charge in [0.15, 0.2) is 0 Å². The summed E-state index contributed by atoms with van der Waals surface area (Å²) in [4.78, 5) is 6.59. The van der Waals surface area contributed by atoms with E-state index in [-0.39, 0.29) is 0 Å². The summed E-state index contributed by atoms with van der Waals surface area (Å²) in [5, 5.41) is 0. The molecule has 0 aliphatic rings. The van der Waals surface area contributed by atoms with Gasteiger partial charge in [0.25, 0.3) is 0 Å². The predicted molar refractivity (Wildman–Crippen MR) is 67.3 cm³/mol. The number of rotatable bonds is 6. The molecule has 0 unspecified atom stereocenters. The second-order valence-corrected chi connectivity index (χ2v) is 5.31. The van der Waals surface area contributed by atoms with E-state index in [0.717, 1.165) is 18.1 Å². The van der Waals surface area contributed by atoms with Crippen LogP contribution >= 0.6 is 11.8 Å². The normalized spacial score (nSPS) is 11.6. The Balaban J connectivity index is 2.34. The predicted octanol–water partition coefficient (Wildman–Crippen LogP) is 2.26. The van der Waals surface area contributed by atoms with Gasteiger partial charge in [-0.3, -0.25) is 0 Å². The molecule has 0 bridgehead atoms. The van der Waals surface area contributed by atoms with Crippen molar-refractivity contribution in [2.24, 2.45) is 0 Å². The van der Waals surface area contributed by atoms with Gasteiger partial charge in [-0.15, -0.1) is 0 Å². The first-order valence-electron chi connectivity index (χ1n) is 5.35. The molecule has 0 spiro atoms. The van der Waals surface area contributed by atoms with E-state index in [0.29, 0.717) is 6.04 Å². The van der Waals surface area contributed by atoms with Crippen LogP contribution in [0.15, 0.2) is 12.4 Å². The zero-order valence-electron chi connectivity index (χ0n) is 10.1. The number of hydrogen-bond acceptors (Lipinski definition) is 3. The van der Waals surface area contributed by atoms with Crippen molar-refractivity contribution in [1.82, 2.24) is 14.5 Å². The minimum Gasteiger partial charge on any atom is -0.332 e. The van der Waals surface area contributed by atoms with Gasteiger partial charge in [-0.25, -0.2) is 4.98 Å². The van der Waals surface area contributed by atoms with Gasteiger partial charge < -0.3 is 9.47 Å². The average molecular weight is 227 g/mol. The fraction of sp³-hybridized carbons (Fsp3) is 0.727. The molecule has 0 aromatic carbocycles. The Bertz CT molecular complexity index is 281. The summed E-state index contributed by atoms with van der Waals surface area (Å²) in [5.41, 5.74) is 0. The van der Waals surface area contributed by atoms with E-state index in [4.69, 9.17) is 0 Å². The van der Waals surface area contributed by atoms with E-state index < -0.39 is 0 Å². The first-order valence-corrected chi connectivity index (χ1v) is 6.51. The maximum Gasteiger partial charge on any atom is 0.118 e. The number of thioether (sulfide) groups is 1. The molecule has 0 atom stereocenters. The van der Waals surface area contributed by atoms with Crippen molar-refractivity contribution in [2.75, 3.05) is 26.4 Å². The van der Waals surface area contributed by atoms with Crippen LogP contribution in [-0.2, 0) is 5.75 Å². The van der Waals surface area contributed by atoms with E-state index >= 15 is 0 Å². The third kappa shape index (κ3) is 4.26. The first-order chi connectivity index (χ1) is 7.11. The van der Waals surface area contributed by atoms with E-state index in [2.05, 4.69) is 48.6 Å². The van der Waals surface area contributed by atoms with Crippen LogP contribution in [0.1, 0.15) is 25.7 Å². The Kier molecular flexibility index (Phi) is 5.19. The molecule has 0 fully saturated rings. The van der Waals surface area contributed by atoms with Gasteiger partial charge >= 0.3 is 0 Å². The third-order valence-corrected chi connectivity index (χ3v) is 3.15. The molecular weight excluding hydrogens is 206 g/mol. The maximum atomic E-state index is 4.38. The highest BCUT2D eigenvalue weighted by molar-refractivity contribution is 7.98. The van der Waals surface area contributed by atoms with E-state index in [9.17, 15) is 0 Å². The van der Waals surface area contributed by atoms with Gasteiger partial charge in [-0.05, 0) is 27.9 Å². The highest BCUT2D eigenvalue weighted by Gasteiger charge is 2.05. The van der Waals surface area contributed by atoms with Crippen LogP contribution in [0.25, 0.3) is 0 Å². The van der Waals surface area contributed by atoms with Gasteiger partial charge in [0.2, 0.25) is 0 Å². The molecule has 0 radical (unpaired) electrons. The van der Waals surface area contributed by atoms with Crippen molar-refractivity contribution in [3.63, 3.8) is 0 Å². The SMILES string of the molecule is CC(C)n1ccnc1CSCCN(C)C. The summed E-state index contributed by atoms with van der Waals surface area (Å²) in [6.45, 7) is 5.51. The van der Waals surface area contributed by atoms with Crippen LogP contribution in [0, 0.1) is 0 Å². The largest absolute Gasteiger partial charge is 0.332 e. The quantitative estimate of drug-likeness (QED) is 0.696. The Morgan fingerprint density at radius 3 is 2.80 bits per heavy atom. The van der Waals surface area contributed by atoms with Crippen LogP contribution in [0.4, 0.5) is 0 Å². The number of aromatic nitrogens is 2. The molecule has 1 heterocycles. The molecule has 1 aromatic rings. The number of hydrogen-bond donors (Lipinski definition) is 0. The Labute approximate surface area is 96.9 Å². The summed E-state index contributed by atoms with van der Waals surface area (Å²) in [6.07, 6.45) is 3.95. The first kappa shape index (κ1) is 12.6. The molecule has 86 valence electrons. The van der Waals surface area contributed by atoms with E-state index in [1.54, 1.807) is 0 Å². The van der Waals surface area contributed by atoms with Crippen molar-refractivity contribution >= 4 is 11.8 Å². The van der Waals surface area contributed by atoms with Crippen molar-refractivity contribution in [3.05, 3.63) is 18.2 Å². The summed E-state index contributed by atoms with van der Waals surface area (Å²) >= 11 is 1.95. The Hall–Kier alpha value is -0.480. The number of nitrogens with zero attached hydrogens (tertiary/aromatic N) is 3. The molecule has 0 N–H and O–H groups in total. The van der Waals surface area contributed by atoms with Crippen LogP contribution in [0.2, 0.25) is 0 Å². The van der Waals surface area contributed by atoms with Crippen LogP contribution in [0.5, 0.6) is 0 Å². The van der Waals surface area contributed by atoms with Crippen LogP contribution < -0.4 is 0 Å². The topological polar surface area (TPSA) is 21.1 Å². The lowest BCUT2D eigenvalue weighted by Gasteiger charge is -2.12. The molecule has 0 amide bonds. The molecule has 4 heteroatoms. The molecule has 3 nitrogen and oxygen atoms in total. The lowest BCUT2D eigenvalue weighted by molar-refractivity contribution is 0.437. The highest BCUT2D eigenvalue weighted by atomic mass is 32.2. The summed E-state index contributed by atoms with van der Waals surface area (Å²) in [7, 11) is 4.21. The molecule has 1 aromatic heterocycles. The third-order valence-electron chi connectivity index (χ3n) is 2.22. The van der Waals surface area contributed by atoms with E-state index in [1.165, 1.54) is 5.82 Å². The maximum absolute atomic E-state index is 4.38. The molecule has 0 saturated heterocycles. The van der Waals surface area contributed by atoms with Gasteiger partial charge in [-0.1, -0.05) is 0 Å². The molecule has 15 heavy (non-hydrogen) atoms.